The van der Waals surface area contributed by atoms with Gasteiger partial charge in [-0.05, 0) is 43.4 Å². The molecule has 2 aliphatic rings. The Labute approximate surface area is 107 Å². The second-order valence-corrected chi connectivity index (χ2v) is 5.98. The van der Waals surface area contributed by atoms with Crippen LogP contribution in [0.25, 0.3) is 0 Å². The van der Waals surface area contributed by atoms with E-state index in [1.807, 2.05) is 0 Å². The quantitative estimate of drug-likeness (QED) is 0.763. The van der Waals surface area contributed by atoms with Crippen molar-refractivity contribution in [3.63, 3.8) is 0 Å². The van der Waals surface area contributed by atoms with E-state index in [0.29, 0.717) is 5.92 Å². The molecule has 3 rings (SSSR count). The van der Waals surface area contributed by atoms with Crippen molar-refractivity contribution >= 4 is 0 Å². The summed E-state index contributed by atoms with van der Waals surface area (Å²) in [5.41, 5.74) is 6.93. The van der Waals surface area contributed by atoms with E-state index in [1.165, 1.54) is 25.0 Å². The van der Waals surface area contributed by atoms with Gasteiger partial charge in [0.25, 0.3) is 0 Å². The molecule has 98 valence electrons. The highest BCUT2D eigenvalue weighted by Crippen LogP contribution is 2.46. The second-order valence-electron chi connectivity index (χ2n) is 5.98. The Balaban J connectivity index is 1.93. The van der Waals surface area contributed by atoms with Crippen molar-refractivity contribution in [3.05, 3.63) is 29.6 Å². The summed E-state index contributed by atoms with van der Waals surface area (Å²) in [5, 5.41) is 0. The van der Waals surface area contributed by atoms with Gasteiger partial charge in [0.15, 0.2) is 0 Å². The standard InChI is InChI=1S/C15H20FNO/c1-10-3-2-6-15(8-10)9-13(17)12-7-11(16)4-5-14(12)18-15/h4-5,7,10,13H,2-3,6,8-9,17H2,1H3. The summed E-state index contributed by atoms with van der Waals surface area (Å²) >= 11 is 0. The first-order valence-corrected chi connectivity index (χ1v) is 6.82. The number of hydrogen-bond acceptors (Lipinski definition) is 2. The van der Waals surface area contributed by atoms with Crippen molar-refractivity contribution in [3.8, 4) is 5.75 Å². The van der Waals surface area contributed by atoms with E-state index in [1.54, 1.807) is 6.07 Å². The normalized spacial score (nSPS) is 35.1. The zero-order valence-corrected chi connectivity index (χ0v) is 10.8. The maximum absolute atomic E-state index is 13.3. The molecule has 1 aromatic carbocycles. The maximum atomic E-state index is 13.3. The van der Waals surface area contributed by atoms with Crippen LogP contribution in [0.1, 0.15) is 50.6 Å². The number of nitrogens with two attached hydrogens (primary N) is 1. The average molecular weight is 249 g/mol. The highest BCUT2D eigenvalue weighted by atomic mass is 19.1. The van der Waals surface area contributed by atoms with Gasteiger partial charge in [0.2, 0.25) is 0 Å². The lowest BCUT2D eigenvalue weighted by molar-refractivity contribution is -0.0141. The van der Waals surface area contributed by atoms with Crippen molar-refractivity contribution < 1.29 is 9.13 Å². The monoisotopic (exact) mass is 249 g/mol. The first-order chi connectivity index (χ1) is 8.58. The van der Waals surface area contributed by atoms with Gasteiger partial charge in [-0.25, -0.2) is 4.39 Å². The lowest BCUT2D eigenvalue weighted by atomic mass is 9.73. The number of halogens is 1. The molecule has 2 nitrogen and oxygen atoms in total. The third-order valence-corrected chi connectivity index (χ3v) is 4.34. The fourth-order valence-corrected chi connectivity index (χ4v) is 3.58. The van der Waals surface area contributed by atoms with Crippen LogP contribution in [0.3, 0.4) is 0 Å². The minimum absolute atomic E-state index is 0.102. The molecule has 0 bridgehead atoms. The average Bonchev–Trinajstić information content (AvgIpc) is 2.30. The van der Waals surface area contributed by atoms with Crippen LogP contribution in [0.2, 0.25) is 0 Å². The molecule has 18 heavy (non-hydrogen) atoms. The summed E-state index contributed by atoms with van der Waals surface area (Å²) in [4.78, 5) is 0. The summed E-state index contributed by atoms with van der Waals surface area (Å²) in [6, 6.07) is 4.59. The van der Waals surface area contributed by atoms with E-state index >= 15 is 0 Å². The summed E-state index contributed by atoms with van der Waals surface area (Å²) < 4.78 is 19.5. The first kappa shape index (κ1) is 12.0. The van der Waals surface area contributed by atoms with E-state index < -0.39 is 0 Å². The SMILES string of the molecule is CC1CCCC2(C1)CC(N)c1cc(F)ccc1O2. The summed E-state index contributed by atoms with van der Waals surface area (Å²) in [6.07, 6.45) is 5.42. The Hall–Kier alpha value is -1.09. The van der Waals surface area contributed by atoms with Crippen LogP contribution in [-0.4, -0.2) is 5.60 Å². The molecule has 1 saturated carbocycles. The number of benzene rings is 1. The van der Waals surface area contributed by atoms with E-state index in [0.717, 1.165) is 30.6 Å². The Bertz CT molecular complexity index is 462. The highest BCUT2D eigenvalue weighted by molar-refractivity contribution is 5.39. The first-order valence-electron chi connectivity index (χ1n) is 6.82. The van der Waals surface area contributed by atoms with Crippen LogP contribution in [-0.2, 0) is 0 Å². The van der Waals surface area contributed by atoms with Gasteiger partial charge in [-0.2, -0.15) is 0 Å². The Morgan fingerprint density at radius 3 is 3.00 bits per heavy atom. The molecule has 1 aliphatic carbocycles. The smallest absolute Gasteiger partial charge is 0.125 e. The van der Waals surface area contributed by atoms with Gasteiger partial charge >= 0.3 is 0 Å². The largest absolute Gasteiger partial charge is 0.487 e. The lowest BCUT2D eigenvalue weighted by Gasteiger charge is -2.45. The predicted octanol–water partition coefficient (Wildman–Crippen LogP) is 3.56. The molecule has 3 unspecified atom stereocenters. The molecule has 0 amide bonds. The summed E-state index contributed by atoms with van der Waals surface area (Å²) in [5.74, 6) is 1.23. The third-order valence-electron chi connectivity index (χ3n) is 4.34. The minimum Gasteiger partial charge on any atom is -0.487 e. The Morgan fingerprint density at radius 1 is 1.39 bits per heavy atom. The van der Waals surface area contributed by atoms with Crippen molar-refractivity contribution in [2.75, 3.05) is 0 Å². The third kappa shape index (κ3) is 2.01. The van der Waals surface area contributed by atoms with E-state index in [2.05, 4.69) is 6.92 Å². The van der Waals surface area contributed by atoms with Gasteiger partial charge < -0.3 is 10.5 Å². The molecule has 1 fully saturated rings. The molecular weight excluding hydrogens is 229 g/mol. The number of fused-ring (bicyclic) bond motifs is 1. The molecular formula is C15H20FNO. The number of rotatable bonds is 0. The fourth-order valence-electron chi connectivity index (χ4n) is 3.58. The zero-order chi connectivity index (χ0) is 12.8. The van der Waals surface area contributed by atoms with Crippen LogP contribution in [0.4, 0.5) is 4.39 Å². The summed E-state index contributed by atoms with van der Waals surface area (Å²) in [7, 11) is 0. The van der Waals surface area contributed by atoms with Crippen LogP contribution in [0.5, 0.6) is 5.75 Å². The van der Waals surface area contributed by atoms with Crippen molar-refractivity contribution in [2.24, 2.45) is 11.7 Å². The molecule has 3 heteroatoms. The van der Waals surface area contributed by atoms with Gasteiger partial charge in [-0.1, -0.05) is 13.3 Å². The van der Waals surface area contributed by atoms with Crippen LogP contribution >= 0.6 is 0 Å². The van der Waals surface area contributed by atoms with Crippen LogP contribution < -0.4 is 10.5 Å². The topological polar surface area (TPSA) is 35.2 Å². The van der Waals surface area contributed by atoms with Crippen LogP contribution in [0.15, 0.2) is 18.2 Å². The lowest BCUT2D eigenvalue weighted by Crippen LogP contribution is -2.46. The predicted molar refractivity (Wildman–Crippen MR) is 68.9 cm³/mol. The molecule has 0 radical (unpaired) electrons. The van der Waals surface area contributed by atoms with Gasteiger partial charge in [0.1, 0.15) is 17.2 Å². The minimum atomic E-state index is -0.235. The number of ether oxygens (including phenoxy) is 1. The molecule has 0 aromatic heterocycles. The summed E-state index contributed by atoms with van der Waals surface area (Å²) in [6.45, 7) is 2.27. The fraction of sp³-hybridized carbons (Fsp3) is 0.600. The molecule has 1 aromatic rings. The Kier molecular flexibility index (Phi) is 2.81. The van der Waals surface area contributed by atoms with Gasteiger partial charge in [0.05, 0.1) is 0 Å². The molecule has 2 N–H and O–H groups in total. The van der Waals surface area contributed by atoms with Gasteiger partial charge in [-0.15, -0.1) is 0 Å². The Morgan fingerprint density at radius 2 is 2.22 bits per heavy atom. The molecule has 3 atom stereocenters. The maximum Gasteiger partial charge on any atom is 0.125 e. The van der Waals surface area contributed by atoms with E-state index in [-0.39, 0.29) is 17.5 Å². The van der Waals surface area contributed by atoms with E-state index in [4.69, 9.17) is 10.5 Å². The number of hydrogen-bond donors (Lipinski definition) is 1. The second kappa shape index (κ2) is 4.23. The molecule has 1 aliphatic heterocycles. The van der Waals surface area contributed by atoms with Crippen molar-refractivity contribution in [1.29, 1.82) is 0 Å². The highest BCUT2D eigenvalue weighted by Gasteiger charge is 2.42. The zero-order valence-electron chi connectivity index (χ0n) is 10.8. The van der Waals surface area contributed by atoms with E-state index in [9.17, 15) is 4.39 Å². The molecule has 1 spiro atoms. The van der Waals surface area contributed by atoms with Gasteiger partial charge in [0, 0.05) is 18.0 Å². The van der Waals surface area contributed by atoms with Crippen LogP contribution in [0, 0.1) is 11.7 Å². The molecule has 1 heterocycles. The van der Waals surface area contributed by atoms with Gasteiger partial charge in [-0.3, -0.25) is 0 Å². The van der Waals surface area contributed by atoms with Crippen molar-refractivity contribution in [2.45, 2.75) is 50.7 Å². The molecule has 0 saturated heterocycles. The van der Waals surface area contributed by atoms with Crippen molar-refractivity contribution in [1.82, 2.24) is 0 Å².